The maximum absolute atomic E-state index is 11.9. The van der Waals surface area contributed by atoms with Crippen LogP contribution < -0.4 is 11.1 Å². The predicted octanol–water partition coefficient (Wildman–Crippen LogP) is 3.33. The average Bonchev–Trinajstić information content (AvgIpc) is 3.73. The van der Waals surface area contributed by atoms with Crippen LogP contribution >= 0.6 is 0 Å². The van der Waals surface area contributed by atoms with Gasteiger partial charge in [-0.3, -0.25) is 14.6 Å². The van der Waals surface area contributed by atoms with Crippen molar-refractivity contribution in [3.8, 4) is 22.4 Å². The first kappa shape index (κ1) is 25.1. The summed E-state index contributed by atoms with van der Waals surface area (Å²) in [6.07, 6.45) is 10.5. The van der Waals surface area contributed by atoms with Crippen molar-refractivity contribution in [2.45, 2.75) is 19.8 Å². The van der Waals surface area contributed by atoms with Gasteiger partial charge in [0.25, 0.3) is 5.91 Å². The van der Waals surface area contributed by atoms with E-state index >= 15 is 0 Å². The van der Waals surface area contributed by atoms with Gasteiger partial charge in [0.15, 0.2) is 0 Å². The molecule has 0 radical (unpaired) electrons. The molecule has 5 N–H and O–H groups in total. The smallest absolute Gasteiger partial charge is 0.269 e. The van der Waals surface area contributed by atoms with E-state index in [1.165, 1.54) is 12.5 Å². The minimum Gasteiger partial charge on any atom is -0.372 e. The second kappa shape index (κ2) is 11.6. The summed E-state index contributed by atoms with van der Waals surface area (Å²) in [6, 6.07) is 9.53. The molecule has 9 heteroatoms. The van der Waals surface area contributed by atoms with E-state index in [0.717, 1.165) is 46.2 Å². The molecule has 2 aromatic heterocycles. The van der Waals surface area contributed by atoms with E-state index in [-0.39, 0.29) is 12.3 Å². The molecule has 1 saturated carbocycles. The molecule has 2 heterocycles. The van der Waals surface area contributed by atoms with Crippen LogP contribution in [0.5, 0.6) is 0 Å². The van der Waals surface area contributed by atoms with Crippen LogP contribution in [0.1, 0.15) is 34.5 Å². The predicted molar refractivity (Wildman–Crippen MR) is 135 cm³/mol. The number of aryl methyl sites for hydroxylation is 1. The molecule has 3 aromatic rings. The quantitative estimate of drug-likeness (QED) is 0.308. The van der Waals surface area contributed by atoms with E-state index in [1.807, 2.05) is 31.2 Å². The molecule has 0 unspecified atom stereocenters. The van der Waals surface area contributed by atoms with Crippen molar-refractivity contribution < 1.29 is 9.59 Å². The fourth-order valence-electron chi connectivity index (χ4n) is 3.54. The molecule has 1 aliphatic carbocycles. The number of carbonyl (C=O) groups excluding carboxylic acids is 2. The fraction of sp³-hybridized carbons (Fsp3) is 0.192. The zero-order chi connectivity index (χ0) is 25.4. The van der Waals surface area contributed by atoms with Gasteiger partial charge in [0.1, 0.15) is 12.0 Å². The molecular formula is C26H27N7O2. The Hall–Kier alpha value is -4.53. The van der Waals surface area contributed by atoms with Gasteiger partial charge in [0.2, 0.25) is 6.41 Å². The number of nitrogens with two attached hydrogens (primary N) is 1. The van der Waals surface area contributed by atoms with E-state index in [2.05, 4.69) is 26.0 Å². The Morgan fingerprint density at radius 1 is 1.14 bits per heavy atom. The van der Waals surface area contributed by atoms with Gasteiger partial charge in [0.05, 0.1) is 11.4 Å². The van der Waals surface area contributed by atoms with E-state index in [0.29, 0.717) is 23.0 Å². The van der Waals surface area contributed by atoms with Crippen LogP contribution in [0.2, 0.25) is 0 Å². The van der Waals surface area contributed by atoms with Crippen LogP contribution in [-0.2, 0) is 4.79 Å². The third-order valence-electron chi connectivity index (χ3n) is 5.55. The van der Waals surface area contributed by atoms with Crippen LogP contribution in [0, 0.1) is 23.7 Å². The number of nitrogens with zero attached hydrogens (tertiary/aromatic N) is 3. The first-order valence-corrected chi connectivity index (χ1v) is 11.0. The number of hydrogen-bond acceptors (Lipinski definition) is 7. The lowest BCUT2D eigenvalue weighted by Gasteiger charge is -2.11. The van der Waals surface area contributed by atoms with Gasteiger partial charge < -0.3 is 21.9 Å². The first-order chi connectivity index (χ1) is 16.9. The van der Waals surface area contributed by atoms with Crippen LogP contribution in [0.15, 0.2) is 60.7 Å². The molecule has 1 aliphatic rings. The number of benzene rings is 1. The number of nitrogens with one attached hydrogen (secondary N) is 3. The Morgan fingerprint density at radius 2 is 1.86 bits per heavy atom. The molecule has 0 saturated heterocycles. The molecule has 0 aliphatic heterocycles. The summed E-state index contributed by atoms with van der Waals surface area (Å²) in [4.78, 5) is 33.2. The molecule has 4 rings (SSSR count). The van der Waals surface area contributed by atoms with Crippen molar-refractivity contribution in [1.29, 1.82) is 10.8 Å². The van der Waals surface area contributed by atoms with Crippen LogP contribution in [-0.4, -0.2) is 46.2 Å². The Morgan fingerprint density at radius 3 is 2.51 bits per heavy atom. The third kappa shape index (κ3) is 6.29. The Balaban J connectivity index is 0.00000108. The summed E-state index contributed by atoms with van der Waals surface area (Å²) in [5.41, 5.74) is 10.9. The highest BCUT2D eigenvalue weighted by molar-refractivity contribution is 6.09. The molecule has 0 spiro atoms. The summed E-state index contributed by atoms with van der Waals surface area (Å²) in [7, 11) is 1.56. The summed E-state index contributed by atoms with van der Waals surface area (Å²) >= 11 is 0. The van der Waals surface area contributed by atoms with Crippen molar-refractivity contribution in [1.82, 2.24) is 20.3 Å². The molecule has 9 nitrogen and oxygen atoms in total. The first-order valence-electron chi connectivity index (χ1n) is 11.0. The largest absolute Gasteiger partial charge is 0.372 e. The lowest BCUT2D eigenvalue weighted by Crippen LogP contribution is -2.19. The summed E-state index contributed by atoms with van der Waals surface area (Å²) in [5.74, 6) is 0.148. The van der Waals surface area contributed by atoms with Crippen molar-refractivity contribution in [2.24, 2.45) is 11.7 Å². The number of carbonyl (C=O) groups is 2. The van der Waals surface area contributed by atoms with Crippen LogP contribution in [0.25, 0.3) is 22.4 Å². The molecular weight excluding hydrogens is 442 g/mol. The molecule has 35 heavy (non-hydrogen) atoms. The minimum atomic E-state index is -0.275. The summed E-state index contributed by atoms with van der Waals surface area (Å²) < 4.78 is 0. The molecule has 0 atom stereocenters. The number of amides is 2. The van der Waals surface area contributed by atoms with Gasteiger partial charge in [-0.05, 0) is 66.7 Å². The number of pyridine rings is 1. The van der Waals surface area contributed by atoms with E-state index in [1.54, 1.807) is 31.6 Å². The number of rotatable bonds is 7. The summed E-state index contributed by atoms with van der Waals surface area (Å²) in [5, 5.41) is 18.7. The SMILES string of the molecule is CNC(=O)c1cc(-c2cncc(-c3cc(C(=N)/C=C(\C=N)C4CC4)ccc3C)c2)ncn1.NC=O. The van der Waals surface area contributed by atoms with Gasteiger partial charge in [-0.1, -0.05) is 12.1 Å². The van der Waals surface area contributed by atoms with E-state index in [4.69, 9.17) is 15.6 Å². The zero-order valence-electron chi connectivity index (χ0n) is 19.6. The maximum atomic E-state index is 11.9. The monoisotopic (exact) mass is 469 g/mol. The lowest BCUT2D eigenvalue weighted by molar-refractivity contribution is -0.106. The number of hydrogen-bond donors (Lipinski definition) is 4. The van der Waals surface area contributed by atoms with Crippen molar-refractivity contribution in [3.05, 3.63) is 77.5 Å². The normalized spacial score (nSPS) is 12.7. The zero-order valence-corrected chi connectivity index (χ0v) is 19.6. The standard InChI is InChI=1S/C25H24N6O.CH3NO/c1-15-3-4-17(22(27)9-18(11-26)16-5-6-16)8-21(15)19-7-20(13-29-12-19)23-10-24(25(32)28-2)31-14-30-23;2-1-3/h3-4,7-14,16,26-27H,5-6H2,1-2H3,(H,28,32);1H,(H2,2,3)/b18-9+,26-11?,27-22?;. The van der Waals surface area contributed by atoms with E-state index < -0.39 is 0 Å². The van der Waals surface area contributed by atoms with Crippen molar-refractivity contribution >= 4 is 24.2 Å². The molecule has 1 aromatic carbocycles. The Labute approximate surface area is 203 Å². The van der Waals surface area contributed by atoms with Crippen LogP contribution in [0.4, 0.5) is 0 Å². The highest BCUT2D eigenvalue weighted by atomic mass is 16.1. The average molecular weight is 470 g/mol. The van der Waals surface area contributed by atoms with Crippen molar-refractivity contribution in [3.63, 3.8) is 0 Å². The highest BCUT2D eigenvalue weighted by Gasteiger charge is 2.25. The van der Waals surface area contributed by atoms with Crippen LogP contribution in [0.3, 0.4) is 0 Å². The number of primary amides is 1. The molecule has 0 bridgehead atoms. The van der Waals surface area contributed by atoms with Gasteiger partial charge in [0, 0.05) is 42.3 Å². The molecule has 178 valence electrons. The second-order valence-electron chi connectivity index (χ2n) is 7.97. The Bertz CT molecular complexity index is 1300. The topological polar surface area (TPSA) is 159 Å². The number of aromatic nitrogens is 3. The molecule has 1 fully saturated rings. The molecule has 2 amide bonds. The fourth-order valence-corrected chi connectivity index (χ4v) is 3.54. The Kier molecular flexibility index (Phi) is 8.29. The van der Waals surface area contributed by atoms with E-state index in [9.17, 15) is 4.79 Å². The third-order valence-corrected chi connectivity index (χ3v) is 5.55. The van der Waals surface area contributed by atoms with Gasteiger partial charge in [-0.25, -0.2) is 9.97 Å². The van der Waals surface area contributed by atoms with Gasteiger partial charge in [-0.2, -0.15) is 0 Å². The minimum absolute atomic E-state index is 0.250. The summed E-state index contributed by atoms with van der Waals surface area (Å²) in [6.45, 7) is 2.02. The second-order valence-corrected chi connectivity index (χ2v) is 7.97. The van der Waals surface area contributed by atoms with Crippen molar-refractivity contribution in [2.75, 3.05) is 7.05 Å². The van der Waals surface area contributed by atoms with Gasteiger partial charge in [-0.15, -0.1) is 0 Å². The number of allylic oxidation sites excluding steroid dienone is 2. The lowest BCUT2D eigenvalue weighted by atomic mass is 9.95. The maximum Gasteiger partial charge on any atom is 0.269 e. The van der Waals surface area contributed by atoms with Gasteiger partial charge >= 0.3 is 0 Å². The highest BCUT2D eigenvalue weighted by Crippen LogP contribution is 2.35.